The van der Waals surface area contributed by atoms with E-state index in [1.165, 1.54) is 48.4 Å². The Balaban J connectivity index is 0.000000270. The molecule has 2 aliphatic heterocycles. The van der Waals surface area contributed by atoms with Gasteiger partial charge in [-0.3, -0.25) is 9.59 Å². The Morgan fingerprint density at radius 3 is 1.46 bits per heavy atom. The third-order valence-electron chi connectivity index (χ3n) is 8.75. The van der Waals surface area contributed by atoms with Gasteiger partial charge >= 0.3 is 11.9 Å². The summed E-state index contributed by atoms with van der Waals surface area (Å²) in [5, 5.41) is 17.9. The van der Waals surface area contributed by atoms with E-state index in [1.54, 1.807) is 12.1 Å². The van der Waals surface area contributed by atoms with Gasteiger partial charge in [0.05, 0.1) is 12.1 Å². The van der Waals surface area contributed by atoms with Crippen molar-refractivity contribution in [2.75, 3.05) is 13.1 Å². The minimum absolute atomic E-state index is 0.196. The van der Waals surface area contributed by atoms with Crippen LogP contribution in [0.3, 0.4) is 0 Å². The highest BCUT2D eigenvalue weighted by Gasteiger charge is 2.29. The minimum atomic E-state index is -0.872. The van der Waals surface area contributed by atoms with Gasteiger partial charge in [-0.1, -0.05) is 88.1 Å². The third-order valence-corrected chi connectivity index (χ3v) is 11.0. The lowest BCUT2D eigenvalue weighted by Gasteiger charge is -2.22. The molecule has 4 heterocycles. The second-order valence-electron chi connectivity index (χ2n) is 12.6. The van der Waals surface area contributed by atoms with Gasteiger partial charge in [0.25, 0.3) is 0 Å². The number of hydrogen-bond donors (Lipinski definition) is 2. The van der Waals surface area contributed by atoms with Crippen molar-refractivity contribution in [1.82, 2.24) is 9.80 Å². The predicted molar refractivity (Wildman–Crippen MR) is 204 cm³/mol. The number of carbonyl (C=O) groups is 4. The molecule has 2 atom stereocenters. The Bertz CT molecular complexity index is 1380. The number of likely N-dealkylation sites (tertiary alicyclic amines) is 2. The first kappa shape index (κ1) is 40.7. The van der Waals surface area contributed by atoms with Crippen molar-refractivity contribution in [3.63, 3.8) is 0 Å². The molecule has 2 saturated heterocycles. The highest BCUT2D eigenvalue weighted by Crippen LogP contribution is 2.24. The molecule has 2 aromatic heterocycles. The number of thiophene rings is 2. The molecule has 2 fully saturated rings. The van der Waals surface area contributed by atoms with Crippen molar-refractivity contribution >= 4 is 46.4 Å². The maximum Gasteiger partial charge on any atom is 0.345 e. The molecule has 0 aromatic carbocycles. The van der Waals surface area contributed by atoms with E-state index >= 15 is 0 Å². The van der Waals surface area contributed by atoms with Crippen LogP contribution in [0.1, 0.15) is 120 Å². The molecule has 50 heavy (non-hydrogen) atoms. The summed E-state index contributed by atoms with van der Waals surface area (Å²) in [6.45, 7) is 5.83. The summed E-state index contributed by atoms with van der Waals surface area (Å²) in [5.41, 5.74) is 0. The molecule has 0 bridgehead atoms. The molecule has 0 saturated carbocycles. The van der Waals surface area contributed by atoms with E-state index in [2.05, 4.69) is 62.5 Å². The molecule has 8 nitrogen and oxygen atoms in total. The molecular formula is C40H54N2O6S2. The van der Waals surface area contributed by atoms with Gasteiger partial charge in [-0.2, -0.15) is 0 Å². The standard InChI is InChI=1S/2C20H27NO3S/c2*1-2-3-4-5-6-7-9-16-11-14-19(22)21(16)15-8-10-17-12-13-18(25-17)20(23)24/h2*5-7,9,12-13,16H,2-4,8,10-11,14-15H2,1H3,(H,23,24)/b6-5+,9-7+;6-5+,9-7-/t2*16-/m00/s1. The number of carboxylic acid groups (broad SMARTS) is 2. The smallest absolute Gasteiger partial charge is 0.345 e. The van der Waals surface area contributed by atoms with Crippen LogP contribution in [0.2, 0.25) is 0 Å². The summed E-state index contributed by atoms with van der Waals surface area (Å²) in [6.07, 6.45) is 30.3. The zero-order valence-electron chi connectivity index (χ0n) is 29.6. The molecule has 272 valence electrons. The number of allylic oxidation sites excluding steroid dienone is 6. The Morgan fingerprint density at radius 2 is 1.10 bits per heavy atom. The number of carboxylic acids is 2. The SMILES string of the molecule is CCCC/C=C/C=C/[C@H]1CCC(=O)N1CCCc1ccc(C(=O)O)s1.CCCC/C=C/C=C\[C@H]1CCC(=O)N1CCCc1ccc(C(=O)O)s1. The molecule has 2 N–H and O–H groups in total. The normalized spacial score (nSPS) is 18.0. The van der Waals surface area contributed by atoms with Crippen LogP contribution in [0.5, 0.6) is 0 Å². The molecule has 0 unspecified atom stereocenters. The largest absolute Gasteiger partial charge is 0.477 e. The Morgan fingerprint density at radius 1 is 0.680 bits per heavy atom. The van der Waals surface area contributed by atoms with E-state index in [4.69, 9.17) is 10.2 Å². The summed E-state index contributed by atoms with van der Waals surface area (Å²) in [6, 6.07) is 7.44. The van der Waals surface area contributed by atoms with E-state index in [-0.39, 0.29) is 23.9 Å². The number of aromatic carboxylic acids is 2. The van der Waals surface area contributed by atoms with Gasteiger partial charge < -0.3 is 20.0 Å². The predicted octanol–water partition coefficient (Wildman–Crippen LogP) is 9.35. The van der Waals surface area contributed by atoms with Crippen LogP contribution in [0.25, 0.3) is 0 Å². The summed E-state index contributed by atoms with van der Waals surface area (Å²) in [7, 11) is 0. The first-order chi connectivity index (χ1) is 24.2. The number of unbranched alkanes of at least 4 members (excludes halogenated alkanes) is 4. The van der Waals surface area contributed by atoms with Crippen LogP contribution >= 0.6 is 22.7 Å². The topological polar surface area (TPSA) is 115 Å². The van der Waals surface area contributed by atoms with Gasteiger partial charge in [0.1, 0.15) is 9.75 Å². The second-order valence-corrected chi connectivity index (χ2v) is 15.0. The van der Waals surface area contributed by atoms with Crippen LogP contribution in [-0.2, 0) is 22.4 Å². The highest BCUT2D eigenvalue weighted by atomic mass is 32.1. The summed E-state index contributed by atoms with van der Waals surface area (Å²) in [5.74, 6) is -1.30. The third kappa shape index (κ3) is 14.2. The lowest BCUT2D eigenvalue weighted by Crippen LogP contribution is -2.32. The van der Waals surface area contributed by atoms with Gasteiger partial charge in [0.2, 0.25) is 11.8 Å². The molecular weight excluding hydrogens is 669 g/mol. The van der Waals surface area contributed by atoms with Crippen molar-refractivity contribution in [2.24, 2.45) is 0 Å². The first-order valence-electron chi connectivity index (χ1n) is 18.1. The monoisotopic (exact) mass is 722 g/mol. The van der Waals surface area contributed by atoms with Gasteiger partial charge in [0.15, 0.2) is 0 Å². The first-order valence-corrected chi connectivity index (χ1v) is 19.8. The number of carbonyl (C=O) groups excluding carboxylic acids is 2. The molecule has 2 amide bonds. The van der Waals surface area contributed by atoms with Crippen LogP contribution < -0.4 is 0 Å². The molecule has 2 aromatic rings. The van der Waals surface area contributed by atoms with Crippen molar-refractivity contribution < 1.29 is 29.4 Å². The average molecular weight is 723 g/mol. The van der Waals surface area contributed by atoms with Crippen molar-refractivity contribution in [3.8, 4) is 0 Å². The second kappa shape index (κ2) is 22.9. The zero-order valence-corrected chi connectivity index (χ0v) is 31.3. The fraction of sp³-hybridized carbons (Fsp3) is 0.500. The molecule has 4 rings (SSSR count). The molecule has 0 radical (unpaired) electrons. The van der Waals surface area contributed by atoms with Gasteiger partial charge in [0, 0.05) is 35.7 Å². The lowest BCUT2D eigenvalue weighted by molar-refractivity contribution is -0.129. The molecule has 2 aliphatic rings. The number of aryl methyl sites for hydroxylation is 2. The quantitative estimate of drug-likeness (QED) is 0.104. The maximum atomic E-state index is 12.1. The van der Waals surface area contributed by atoms with E-state index in [9.17, 15) is 19.2 Å². The van der Waals surface area contributed by atoms with Crippen LogP contribution in [0.4, 0.5) is 0 Å². The Kier molecular flexibility index (Phi) is 18.6. The number of nitrogens with zero attached hydrogens (tertiary/aromatic N) is 2. The van der Waals surface area contributed by atoms with Crippen LogP contribution in [0.15, 0.2) is 72.9 Å². The fourth-order valence-corrected chi connectivity index (χ4v) is 7.75. The lowest BCUT2D eigenvalue weighted by atomic mass is 10.2. The average Bonchev–Trinajstić information content (AvgIpc) is 3.91. The van der Waals surface area contributed by atoms with E-state index in [0.29, 0.717) is 22.6 Å². The Hall–Kier alpha value is -3.76. The van der Waals surface area contributed by atoms with E-state index < -0.39 is 11.9 Å². The zero-order chi connectivity index (χ0) is 36.1. The van der Waals surface area contributed by atoms with Gasteiger partial charge in [-0.25, -0.2) is 9.59 Å². The van der Waals surface area contributed by atoms with Crippen molar-refractivity contribution in [1.29, 1.82) is 0 Å². The van der Waals surface area contributed by atoms with Crippen LogP contribution in [0, 0.1) is 0 Å². The molecule has 0 spiro atoms. The number of hydrogen-bond acceptors (Lipinski definition) is 6. The fourth-order valence-electron chi connectivity index (χ4n) is 5.97. The number of rotatable bonds is 20. The Labute approximate surface area is 305 Å². The summed E-state index contributed by atoms with van der Waals surface area (Å²) < 4.78 is 0. The molecule has 0 aliphatic carbocycles. The van der Waals surface area contributed by atoms with E-state index in [0.717, 1.165) is 74.2 Å². The minimum Gasteiger partial charge on any atom is -0.477 e. The van der Waals surface area contributed by atoms with Crippen LogP contribution in [-0.4, -0.2) is 68.9 Å². The highest BCUT2D eigenvalue weighted by molar-refractivity contribution is 7.14. The maximum absolute atomic E-state index is 12.1. The summed E-state index contributed by atoms with van der Waals surface area (Å²) in [4.78, 5) is 52.8. The van der Waals surface area contributed by atoms with Gasteiger partial charge in [-0.05, 0) is 75.6 Å². The van der Waals surface area contributed by atoms with E-state index in [1.807, 2.05) is 21.9 Å². The van der Waals surface area contributed by atoms with Gasteiger partial charge in [-0.15, -0.1) is 22.7 Å². The summed E-state index contributed by atoms with van der Waals surface area (Å²) >= 11 is 2.64. The number of amides is 2. The van der Waals surface area contributed by atoms with Crippen molar-refractivity contribution in [2.45, 2.75) is 116 Å². The molecule has 10 heteroatoms. The van der Waals surface area contributed by atoms with Crippen molar-refractivity contribution in [3.05, 3.63) is 92.4 Å².